The topological polar surface area (TPSA) is 79.1 Å². The summed E-state index contributed by atoms with van der Waals surface area (Å²) in [6.45, 7) is 0.323. The van der Waals surface area contributed by atoms with Gasteiger partial charge in [0.25, 0.3) is 0 Å². The van der Waals surface area contributed by atoms with Crippen molar-refractivity contribution < 1.29 is 9.53 Å². The van der Waals surface area contributed by atoms with Gasteiger partial charge in [-0.3, -0.25) is 4.79 Å². The third-order valence-electron chi connectivity index (χ3n) is 4.92. The number of nitrogens with zero attached hydrogens (tertiary/aromatic N) is 4. The molecule has 29 heavy (non-hydrogen) atoms. The SMILES string of the molecule is COc1ccccc1N(CCC#N)C(=O)CSc1ncnc2sc3c(c12)CCC3. The second-order valence-corrected chi connectivity index (χ2v) is 8.68. The Hall–Kier alpha value is -2.63. The summed E-state index contributed by atoms with van der Waals surface area (Å²) in [6.07, 6.45) is 5.17. The number of aryl methyl sites for hydroxylation is 2. The van der Waals surface area contributed by atoms with Crippen LogP contribution < -0.4 is 9.64 Å². The molecule has 0 saturated carbocycles. The van der Waals surface area contributed by atoms with E-state index in [1.54, 1.807) is 29.7 Å². The number of fused-ring (bicyclic) bond motifs is 3. The lowest BCUT2D eigenvalue weighted by Gasteiger charge is -2.23. The average Bonchev–Trinajstić information content (AvgIpc) is 3.34. The van der Waals surface area contributed by atoms with Gasteiger partial charge in [0, 0.05) is 16.8 Å². The van der Waals surface area contributed by atoms with Crippen LogP contribution in [0.25, 0.3) is 10.2 Å². The molecule has 2 aromatic heterocycles. The van der Waals surface area contributed by atoms with Crippen molar-refractivity contribution in [1.29, 1.82) is 5.26 Å². The van der Waals surface area contributed by atoms with Gasteiger partial charge in [0.05, 0.1) is 31.0 Å². The van der Waals surface area contributed by atoms with Crippen LogP contribution in [0.1, 0.15) is 23.3 Å². The lowest BCUT2D eigenvalue weighted by Crippen LogP contribution is -2.33. The Bertz CT molecular complexity index is 1090. The van der Waals surface area contributed by atoms with Gasteiger partial charge < -0.3 is 9.64 Å². The van der Waals surface area contributed by atoms with Gasteiger partial charge in [-0.05, 0) is 37.0 Å². The first-order valence-electron chi connectivity index (χ1n) is 9.41. The Morgan fingerprint density at radius 3 is 3.03 bits per heavy atom. The highest BCUT2D eigenvalue weighted by Gasteiger charge is 2.23. The Morgan fingerprint density at radius 2 is 2.21 bits per heavy atom. The van der Waals surface area contributed by atoms with E-state index in [-0.39, 0.29) is 18.1 Å². The zero-order valence-corrected chi connectivity index (χ0v) is 17.7. The van der Waals surface area contributed by atoms with Gasteiger partial charge in [0.2, 0.25) is 5.91 Å². The largest absolute Gasteiger partial charge is 0.495 e. The van der Waals surface area contributed by atoms with Crippen LogP contribution in [-0.4, -0.2) is 35.3 Å². The summed E-state index contributed by atoms with van der Waals surface area (Å²) < 4.78 is 5.41. The Kier molecular flexibility index (Phi) is 5.97. The van der Waals surface area contributed by atoms with E-state index in [4.69, 9.17) is 10.00 Å². The van der Waals surface area contributed by atoms with Crippen LogP contribution in [0, 0.1) is 11.3 Å². The van der Waals surface area contributed by atoms with Gasteiger partial charge in [-0.1, -0.05) is 23.9 Å². The number of thiophene rings is 1. The molecule has 6 nitrogen and oxygen atoms in total. The number of para-hydroxylation sites is 2. The fraction of sp³-hybridized carbons (Fsp3) is 0.333. The van der Waals surface area contributed by atoms with E-state index < -0.39 is 0 Å². The monoisotopic (exact) mass is 424 g/mol. The Morgan fingerprint density at radius 1 is 1.34 bits per heavy atom. The number of rotatable bonds is 7. The molecule has 0 saturated heterocycles. The van der Waals surface area contributed by atoms with Crippen molar-refractivity contribution in [1.82, 2.24) is 9.97 Å². The van der Waals surface area contributed by atoms with Gasteiger partial charge in [0.15, 0.2) is 0 Å². The summed E-state index contributed by atoms with van der Waals surface area (Å²) in [7, 11) is 1.58. The number of hydrogen-bond donors (Lipinski definition) is 0. The van der Waals surface area contributed by atoms with Crippen LogP contribution in [0.5, 0.6) is 5.75 Å². The molecule has 1 aliphatic carbocycles. The number of hydrogen-bond acceptors (Lipinski definition) is 7. The first kappa shape index (κ1) is 19.7. The minimum absolute atomic E-state index is 0.0756. The van der Waals surface area contributed by atoms with Crippen LogP contribution in [0.4, 0.5) is 5.69 Å². The number of amides is 1. The van der Waals surface area contributed by atoms with Gasteiger partial charge >= 0.3 is 0 Å². The molecule has 4 rings (SSSR count). The van der Waals surface area contributed by atoms with Crippen LogP contribution in [-0.2, 0) is 17.6 Å². The predicted molar refractivity (Wildman–Crippen MR) is 116 cm³/mol. The van der Waals surface area contributed by atoms with E-state index in [1.165, 1.54) is 28.6 Å². The summed E-state index contributed by atoms with van der Waals surface area (Å²) in [6, 6.07) is 9.50. The molecule has 2 heterocycles. The predicted octanol–water partition coefficient (Wildman–Crippen LogP) is 4.23. The van der Waals surface area contributed by atoms with Crippen LogP contribution >= 0.6 is 23.1 Å². The van der Waals surface area contributed by atoms with Crippen LogP contribution in [0.2, 0.25) is 0 Å². The highest BCUT2D eigenvalue weighted by Crippen LogP contribution is 2.40. The van der Waals surface area contributed by atoms with Gasteiger partial charge in [-0.15, -0.1) is 11.3 Å². The number of methoxy groups -OCH3 is 1. The first-order chi connectivity index (χ1) is 14.2. The minimum Gasteiger partial charge on any atom is -0.495 e. The number of thioether (sulfide) groups is 1. The summed E-state index contributed by atoms with van der Waals surface area (Å²) in [4.78, 5) is 26.0. The van der Waals surface area contributed by atoms with Crippen molar-refractivity contribution in [3.05, 3.63) is 41.0 Å². The van der Waals surface area contributed by atoms with E-state index in [2.05, 4.69) is 16.0 Å². The highest BCUT2D eigenvalue weighted by atomic mass is 32.2. The molecule has 0 spiro atoms. The smallest absolute Gasteiger partial charge is 0.237 e. The van der Waals surface area contributed by atoms with Crippen molar-refractivity contribution in [2.45, 2.75) is 30.7 Å². The minimum atomic E-state index is -0.0756. The second-order valence-electron chi connectivity index (χ2n) is 6.63. The fourth-order valence-electron chi connectivity index (χ4n) is 3.61. The number of carbonyl (C=O) groups excluding carboxylic acids is 1. The third kappa shape index (κ3) is 3.93. The molecule has 1 amide bonds. The normalized spacial score (nSPS) is 12.6. The Labute approximate surface area is 177 Å². The fourth-order valence-corrected chi connectivity index (χ4v) is 5.81. The maximum atomic E-state index is 13.1. The molecule has 0 N–H and O–H groups in total. The lowest BCUT2D eigenvalue weighted by molar-refractivity contribution is -0.116. The van der Waals surface area contributed by atoms with Crippen LogP contribution in [0.15, 0.2) is 35.6 Å². The average molecular weight is 425 g/mol. The van der Waals surface area contributed by atoms with E-state index >= 15 is 0 Å². The van der Waals surface area contributed by atoms with E-state index in [9.17, 15) is 4.79 Å². The van der Waals surface area contributed by atoms with Crippen molar-refractivity contribution in [3.63, 3.8) is 0 Å². The van der Waals surface area contributed by atoms with Crippen molar-refractivity contribution >= 4 is 44.9 Å². The molecule has 1 aromatic carbocycles. The molecule has 0 radical (unpaired) electrons. The molecule has 8 heteroatoms. The summed E-state index contributed by atoms with van der Waals surface area (Å²) in [5.74, 6) is 0.775. The number of benzene rings is 1. The standard InChI is InChI=1S/C21H20N4O2S2/c1-27-16-8-3-2-7-15(16)25(11-5-10-22)18(26)12-28-20-19-14-6-4-9-17(14)29-21(19)24-13-23-20/h2-3,7-8,13H,4-6,9,11-12H2,1H3. The first-order valence-corrected chi connectivity index (χ1v) is 11.2. The molecular formula is C21H20N4O2S2. The molecule has 0 unspecified atom stereocenters. The van der Waals surface area contributed by atoms with E-state index in [1.807, 2.05) is 24.3 Å². The van der Waals surface area contributed by atoms with Crippen molar-refractivity contribution in [2.24, 2.45) is 0 Å². The maximum Gasteiger partial charge on any atom is 0.237 e. The third-order valence-corrected chi connectivity index (χ3v) is 7.10. The number of ether oxygens (including phenoxy) is 1. The number of nitriles is 1. The molecule has 0 atom stereocenters. The van der Waals surface area contributed by atoms with Gasteiger partial charge in [-0.2, -0.15) is 5.26 Å². The quantitative estimate of drug-likeness (QED) is 0.417. The molecule has 0 aliphatic heterocycles. The van der Waals surface area contributed by atoms with Gasteiger partial charge in [-0.25, -0.2) is 9.97 Å². The maximum absolute atomic E-state index is 13.1. The van der Waals surface area contributed by atoms with Crippen molar-refractivity contribution in [3.8, 4) is 11.8 Å². The molecule has 3 aromatic rings. The number of anilines is 1. The number of aromatic nitrogens is 2. The van der Waals surface area contributed by atoms with E-state index in [0.717, 1.165) is 28.1 Å². The van der Waals surface area contributed by atoms with E-state index in [0.29, 0.717) is 18.0 Å². The zero-order chi connectivity index (χ0) is 20.2. The van der Waals surface area contributed by atoms with Crippen molar-refractivity contribution in [2.75, 3.05) is 24.3 Å². The highest BCUT2D eigenvalue weighted by molar-refractivity contribution is 8.00. The second kappa shape index (κ2) is 8.80. The summed E-state index contributed by atoms with van der Waals surface area (Å²) >= 11 is 3.18. The van der Waals surface area contributed by atoms with Gasteiger partial charge in [0.1, 0.15) is 21.9 Å². The molecule has 148 valence electrons. The Balaban J connectivity index is 1.57. The molecule has 0 fully saturated rings. The number of carbonyl (C=O) groups is 1. The summed E-state index contributed by atoms with van der Waals surface area (Å²) in [5.41, 5.74) is 2.03. The zero-order valence-electron chi connectivity index (χ0n) is 16.1. The molecule has 1 aliphatic rings. The lowest BCUT2D eigenvalue weighted by atomic mass is 10.2. The molecular weight excluding hydrogens is 404 g/mol. The summed E-state index contributed by atoms with van der Waals surface area (Å²) in [5, 5.41) is 11.0. The van der Waals surface area contributed by atoms with Crippen LogP contribution in [0.3, 0.4) is 0 Å². The molecule has 0 bridgehead atoms.